The fourth-order valence-electron chi connectivity index (χ4n) is 2.30. The van der Waals surface area contributed by atoms with Crippen molar-refractivity contribution in [1.82, 2.24) is 20.2 Å². The van der Waals surface area contributed by atoms with Crippen LogP contribution in [0, 0.1) is 5.82 Å². The third kappa shape index (κ3) is 3.17. The van der Waals surface area contributed by atoms with Crippen molar-refractivity contribution in [3.8, 4) is 0 Å². The van der Waals surface area contributed by atoms with Gasteiger partial charge in [0, 0.05) is 0 Å². The molecule has 1 aromatic heterocycles. The Morgan fingerprint density at radius 1 is 1.20 bits per heavy atom. The smallest absolute Gasteiger partial charge is 0.206 e. The third-order valence-corrected chi connectivity index (χ3v) is 3.46. The van der Waals surface area contributed by atoms with Gasteiger partial charge in [-0.25, -0.2) is 9.07 Å². The number of benzene rings is 1. The molecule has 0 spiro atoms. The van der Waals surface area contributed by atoms with Gasteiger partial charge in [-0.05, 0) is 28.1 Å². The molecule has 0 bridgehead atoms. The number of tetrazole rings is 1. The molecular weight excluding hydrogens is 261 g/mol. The van der Waals surface area contributed by atoms with Crippen molar-refractivity contribution in [2.45, 2.75) is 13.1 Å². The van der Waals surface area contributed by atoms with E-state index < -0.39 is 0 Å². The Labute approximate surface area is 116 Å². The van der Waals surface area contributed by atoms with Gasteiger partial charge in [0.1, 0.15) is 25.5 Å². The first-order valence-electron chi connectivity index (χ1n) is 6.72. The van der Waals surface area contributed by atoms with E-state index in [-0.39, 0.29) is 5.82 Å². The van der Waals surface area contributed by atoms with E-state index in [1.807, 2.05) is 0 Å². The number of nitrogens with zero attached hydrogens (tertiary/aromatic N) is 4. The molecule has 7 heteroatoms. The third-order valence-electron chi connectivity index (χ3n) is 3.46. The maximum Gasteiger partial charge on any atom is 0.206 e. The van der Waals surface area contributed by atoms with Crippen LogP contribution in [0.25, 0.3) is 0 Å². The lowest BCUT2D eigenvalue weighted by atomic mass is 10.2. The van der Waals surface area contributed by atoms with Crippen LogP contribution in [0.5, 0.6) is 0 Å². The summed E-state index contributed by atoms with van der Waals surface area (Å²) in [6.07, 6.45) is 0. The van der Waals surface area contributed by atoms with E-state index in [1.54, 1.807) is 16.8 Å². The van der Waals surface area contributed by atoms with E-state index in [0.29, 0.717) is 6.54 Å². The fourth-order valence-corrected chi connectivity index (χ4v) is 2.30. The lowest BCUT2D eigenvalue weighted by molar-refractivity contribution is -0.922. The highest BCUT2D eigenvalue weighted by Crippen LogP contribution is 2.05. The topological polar surface area (TPSA) is 57.3 Å². The summed E-state index contributed by atoms with van der Waals surface area (Å²) in [5.41, 5.74) is 0.983. The van der Waals surface area contributed by atoms with Gasteiger partial charge < -0.3 is 9.64 Å². The number of morpholine rings is 1. The fraction of sp³-hybridized carbons (Fsp3) is 0.462. The molecule has 0 aliphatic carbocycles. The van der Waals surface area contributed by atoms with Gasteiger partial charge in [0.05, 0.1) is 19.8 Å². The molecule has 0 unspecified atom stereocenters. The summed E-state index contributed by atoms with van der Waals surface area (Å²) in [5.74, 6) is 0.620. The molecule has 6 nitrogen and oxygen atoms in total. The molecule has 0 radical (unpaired) electrons. The molecule has 2 aromatic rings. The highest BCUT2D eigenvalue weighted by molar-refractivity contribution is 5.16. The molecular formula is C13H17FN5O+. The number of hydrogen-bond donors (Lipinski definition) is 1. The van der Waals surface area contributed by atoms with Crippen molar-refractivity contribution in [2.75, 3.05) is 26.3 Å². The molecule has 20 heavy (non-hydrogen) atoms. The van der Waals surface area contributed by atoms with Crippen LogP contribution in [0.2, 0.25) is 0 Å². The van der Waals surface area contributed by atoms with Crippen LogP contribution in [0.1, 0.15) is 11.4 Å². The second-order valence-electron chi connectivity index (χ2n) is 4.92. The number of hydrogen-bond acceptors (Lipinski definition) is 4. The van der Waals surface area contributed by atoms with Crippen molar-refractivity contribution in [2.24, 2.45) is 0 Å². The van der Waals surface area contributed by atoms with Crippen molar-refractivity contribution in [3.05, 3.63) is 41.5 Å². The largest absolute Gasteiger partial charge is 0.370 e. The average molecular weight is 278 g/mol. The number of aromatic nitrogens is 4. The Morgan fingerprint density at radius 2 is 1.95 bits per heavy atom. The molecule has 1 N–H and O–H groups in total. The van der Waals surface area contributed by atoms with Gasteiger partial charge >= 0.3 is 0 Å². The molecule has 0 saturated carbocycles. The second kappa shape index (κ2) is 6.06. The van der Waals surface area contributed by atoms with E-state index in [9.17, 15) is 4.39 Å². The van der Waals surface area contributed by atoms with Gasteiger partial charge in [-0.2, -0.15) is 0 Å². The summed E-state index contributed by atoms with van der Waals surface area (Å²) in [5, 5.41) is 11.9. The molecule has 2 heterocycles. The molecule has 106 valence electrons. The van der Waals surface area contributed by atoms with Gasteiger partial charge in [-0.3, -0.25) is 0 Å². The van der Waals surface area contributed by atoms with Crippen molar-refractivity contribution < 1.29 is 14.0 Å². The van der Waals surface area contributed by atoms with Gasteiger partial charge in [-0.15, -0.1) is 5.10 Å². The summed E-state index contributed by atoms with van der Waals surface area (Å²) in [6.45, 7) is 4.88. The first kappa shape index (κ1) is 13.1. The van der Waals surface area contributed by atoms with Crippen LogP contribution in [-0.2, 0) is 17.8 Å². The van der Waals surface area contributed by atoms with Crippen LogP contribution in [0.3, 0.4) is 0 Å². The summed E-state index contributed by atoms with van der Waals surface area (Å²) in [7, 11) is 0. The number of quaternary nitrogens is 1. The number of ether oxygens (including phenoxy) is 1. The molecule has 0 atom stereocenters. The first-order chi connectivity index (χ1) is 9.81. The zero-order chi connectivity index (χ0) is 13.8. The number of halogens is 1. The maximum atomic E-state index is 12.9. The van der Waals surface area contributed by atoms with Gasteiger partial charge in [0.15, 0.2) is 0 Å². The van der Waals surface area contributed by atoms with Gasteiger partial charge in [0.2, 0.25) is 5.82 Å². The SMILES string of the molecule is Fc1ccc(Cn2nnnc2C[NH+]2CCOCC2)cc1. The highest BCUT2D eigenvalue weighted by Gasteiger charge is 2.18. The van der Waals surface area contributed by atoms with Gasteiger partial charge in [0.25, 0.3) is 0 Å². The minimum atomic E-state index is -0.233. The molecule has 1 aliphatic rings. The summed E-state index contributed by atoms with van der Waals surface area (Å²) in [6, 6.07) is 6.41. The van der Waals surface area contributed by atoms with E-state index in [1.165, 1.54) is 17.0 Å². The normalized spacial score (nSPS) is 16.4. The van der Waals surface area contributed by atoms with Crippen LogP contribution in [0.15, 0.2) is 24.3 Å². The summed E-state index contributed by atoms with van der Waals surface area (Å²) in [4.78, 5) is 1.42. The van der Waals surface area contributed by atoms with E-state index in [0.717, 1.165) is 44.2 Å². The van der Waals surface area contributed by atoms with Crippen molar-refractivity contribution >= 4 is 0 Å². The predicted molar refractivity (Wildman–Crippen MR) is 68.5 cm³/mol. The van der Waals surface area contributed by atoms with E-state index in [4.69, 9.17) is 4.74 Å². The van der Waals surface area contributed by atoms with Gasteiger partial charge in [-0.1, -0.05) is 12.1 Å². The van der Waals surface area contributed by atoms with Crippen LogP contribution >= 0.6 is 0 Å². The second-order valence-corrected chi connectivity index (χ2v) is 4.92. The zero-order valence-electron chi connectivity index (χ0n) is 11.1. The van der Waals surface area contributed by atoms with Crippen LogP contribution < -0.4 is 4.90 Å². The Bertz CT molecular complexity index is 550. The minimum Gasteiger partial charge on any atom is -0.370 e. The minimum absolute atomic E-state index is 0.233. The summed E-state index contributed by atoms with van der Waals surface area (Å²) >= 11 is 0. The lowest BCUT2D eigenvalue weighted by Crippen LogP contribution is -3.12. The highest BCUT2D eigenvalue weighted by atomic mass is 19.1. The molecule has 3 rings (SSSR count). The monoisotopic (exact) mass is 278 g/mol. The number of rotatable bonds is 4. The van der Waals surface area contributed by atoms with E-state index >= 15 is 0 Å². The lowest BCUT2D eigenvalue weighted by Gasteiger charge is -2.23. The zero-order valence-corrected chi connectivity index (χ0v) is 11.1. The maximum absolute atomic E-state index is 12.9. The molecule has 1 fully saturated rings. The standard InChI is InChI=1S/C13H16FN5O/c14-12-3-1-11(2-4-12)9-19-13(15-16-17-19)10-18-5-7-20-8-6-18/h1-4H,5-10H2/p+1. The Kier molecular flexibility index (Phi) is 3.98. The Morgan fingerprint density at radius 3 is 2.70 bits per heavy atom. The summed E-state index contributed by atoms with van der Waals surface area (Å²) < 4.78 is 20.0. The average Bonchev–Trinajstić information content (AvgIpc) is 2.90. The molecule has 1 aromatic carbocycles. The Balaban J connectivity index is 1.68. The van der Waals surface area contributed by atoms with Crippen molar-refractivity contribution in [3.63, 3.8) is 0 Å². The molecule has 0 amide bonds. The number of nitrogens with one attached hydrogen (secondary N) is 1. The quantitative estimate of drug-likeness (QED) is 0.801. The first-order valence-corrected chi connectivity index (χ1v) is 6.72. The Hall–Kier alpha value is -1.86. The van der Waals surface area contributed by atoms with Crippen LogP contribution in [0.4, 0.5) is 4.39 Å². The molecule has 1 aliphatic heterocycles. The van der Waals surface area contributed by atoms with Crippen molar-refractivity contribution in [1.29, 1.82) is 0 Å². The predicted octanol–water partition coefficient (Wildman–Crippen LogP) is -0.724. The molecule has 1 saturated heterocycles. The van der Waals surface area contributed by atoms with Crippen LogP contribution in [-0.4, -0.2) is 46.5 Å². The van der Waals surface area contributed by atoms with E-state index in [2.05, 4.69) is 15.5 Å².